The molecule has 30 heavy (non-hydrogen) atoms. The first-order valence-corrected chi connectivity index (χ1v) is 10.2. The number of ether oxygens (including phenoxy) is 5. The first kappa shape index (κ1) is 20.3. The Morgan fingerprint density at radius 1 is 1.10 bits per heavy atom. The summed E-state index contributed by atoms with van der Waals surface area (Å²) in [5, 5.41) is 0. The molecule has 4 rings (SSSR count). The van der Waals surface area contributed by atoms with Gasteiger partial charge in [0.1, 0.15) is 19.0 Å². The van der Waals surface area contributed by atoms with Crippen LogP contribution < -0.4 is 18.9 Å². The summed E-state index contributed by atoms with van der Waals surface area (Å²) in [6.07, 6.45) is 2.01. The van der Waals surface area contributed by atoms with Gasteiger partial charge in [-0.1, -0.05) is 12.1 Å². The number of amides is 1. The molecule has 2 aliphatic heterocycles. The highest BCUT2D eigenvalue weighted by molar-refractivity contribution is 5.95. The maximum Gasteiger partial charge on any atom is 0.254 e. The molecular weight excluding hydrogens is 386 g/mol. The van der Waals surface area contributed by atoms with Gasteiger partial charge in [0.25, 0.3) is 5.91 Å². The number of hydrogen-bond donors (Lipinski definition) is 0. The Labute approximate surface area is 176 Å². The quantitative estimate of drug-likeness (QED) is 0.694. The molecule has 0 spiro atoms. The fourth-order valence-electron chi connectivity index (χ4n) is 3.82. The van der Waals surface area contributed by atoms with Crippen molar-refractivity contribution >= 4 is 5.91 Å². The Morgan fingerprint density at radius 3 is 2.73 bits per heavy atom. The lowest BCUT2D eigenvalue weighted by molar-refractivity contribution is 0.0506. The maximum atomic E-state index is 13.5. The predicted octanol–water partition coefficient (Wildman–Crippen LogP) is 3.30. The summed E-state index contributed by atoms with van der Waals surface area (Å²) >= 11 is 0. The molecule has 2 heterocycles. The number of carbonyl (C=O) groups excluding carboxylic acids is 1. The zero-order valence-corrected chi connectivity index (χ0v) is 17.4. The van der Waals surface area contributed by atoms with Crippen molar-refractivity contribution in [2.24, 2.45) is 0 Å². The summed E-state index contributed by atoms with van der Waals surface area (Å²) in [7, 11) is 3.19. The van der Waals surface area contributed by atoms with Gasteiger partial charge < -0.3 is 28.6 Å². The number of carbonyl (C=O) groups is 1. The molecule has 0 aromatic heterocycles. The van der Waals surface area contributed by atoms with Crippen LogP contribution in [0.2, 0.25) is 0 Å². The summed E-state index contributed by atoms with van der Waals surface area (Å²) in [5.74, 6) is 2.22. The van der Waals surface area contributed by atoms with E-state index in [1.165, 1.54) is 0 Å². The Kier molecular flexibility index (Phi) is 6.28. The minimum atomic E-state index is -0.108. The van der Waals surface area contributed by atoms with E-state index in [9.17, 15) is 4.79 Å². The third-order valence-corrected chi connectivity index (χ3v) is 5.32. The molecule has 0 N–H and O–H groups in total. The highest BCUT2D eigenvalue weighted by Gasteiger charge is 2.27. The number of fused-ring (bicyclic) bond motifs is 1. The van der Waals surface area contributed by atoms with E-state index in [1.807, 2.05) is 29.2 Å². The Bertz CT molecular complexity index is 876. The van der Waals surface area contributed by atoms with Gasteiger partial charge in [-0.3, -0.25) is 4.79 Å². The normalized spacial score (nSPS) is 17.5. The molecule has 1 fully saturated rings. The average Bonchev–Trinajstić information content (AvgIpc) is 3.30. The molecule has 2 aliphatic rings. The van der Waals surface area contributed by atoms with E-state index in [0.29, 0.717) is 49.1 Å². The first-order chi connectivity index (χ1) is 14.7. The van der Waals surface area contributed by atoms with Gasteiger partial charge in [-0.2, -0.15) is 0 Å². The van der Waals surface area contributed by atoms with Crippen molar-refractivity contribution < 1.29 is 28.5 Å². The predicted molar refractivity (Wildman–Crippen MR) is 111 cm³/mol. The van der Waals surface area contributed by atoms with Crippen molar-refractivity contribution in [2.45, 2.75) is 25.5 Å². The van der Waals surface area contributed by atoms with Crippen LogP contribution >= 0.6 is 0 Å². The largest absolute Gasteiger partial charge is 0.497 e. The standard InChI is InChI=1S/C23H27NO6/c1-26-18-6-3-5-16(11-18)14-24(15-19-7-4-8-28-19)23(25)17-12-20(27-2)22-21(13-17)29-9-10-30-22/h3,5-6,11-13,19H,4,7-10,14-15H2,1-2H3. The molecule has 1 amide bonds. The van der Waals surface area contributed by atoms with Crippen molar-refractivity contribution in [3.05, 3.63) is 47.5 Å². The Hall–Kier alpha value is -2.93. The molecule has 2 aromatic rings. The van der Waals surface area contributed by atoms with Crippen molar-refractivity contribution in [3.8, 4) is 23.0 Å². The smallest absolute Gasteiger partial charge is 0.254 e. The number of hydrogen-bond acceptors (Lipinski definition) is 6. The maximum absolute atomic E-state index is 13.5. The van der Waals surface area contributed by atoms with E-state index in [2.05, 4.69) is 0 Å². The fraction of sp³-hybridized carbons (Fsp3) is 0.435. The lowest BCUT2D eigenvalue weighted by Crippen LogP contribution is -2.37. The van der Waals surface area contributed by atoms with E-state index in [-0.39, 0.29) is 12.0 Å². The molecule has 7 nitrogen and oxygen atoms in total. The van der Waals surface area contributed by atoms with Crippen molar-refractivity contribution in [3.63, 3.8) is 0 Å². The molecular formula is C23H27NO6. The molecule has 1 atom stereocenters. The number of rotatable bonds is 7. The molecule has 160 valence electrons. The summed E-state index contributed by atoms with van der Waals surface area (Å²) < 4.78 is 27.9. The molecule has 0 bridgehead atoms. The van der Waals surface area contributed by atoms with Crippen LogP contribution in [0.25, 0.3) is 0 Å². The van der Waals surface area contributed by atoms with Crippen LogP contribution in [0.15, 0.2) is 36.4 Å². The molecule has 7 heteroatoms. The molecule has 0 radical (unpaired) electrons. The summed E-state index contributed by atoms with van der Waals surface area (Å²) in [6.45, 7) is 2.61. The van der Waals surface area contributed by atoms with Crippen LogP contribution in [0.3, 0.4) is 0 Å². The first-order valence-electron chi connectivity index (χ1n) is 10.2. The van der Waals surface area contributed by atoms with Gasteiger partial charge in [0.15, 0.2) is 11.5 Å². The van der Waals surface area contributed by atoms with Crippen LogP contribution in [0.5, 0.6) is 23.0 Å². The molecule has 2 aromatic carbocycles. The summed E-state index contributed by atoms with van der Waals surface area (Å²) in [5.41, 5.74) is 1.49. The van der Waals surface area contributed by atoms with Gasteiger partial charge in [-0.15, -0.1) is 0 Å². The number of benzene rings is 2. The minimum Gasteiger partial charge on any atom is -0.497 e. The minimum absolute atomic E-state index is 0.0404. The van der Waals surface area contributed by atoms with Gasteiger partial charge in [0.05, 0.1) is 20.3 Å². The second-order valence-electron chi connectivity index (χ2n) is 7.37. The zero-order valence-electron chi connectivity index (χ0n) is 17.4. The van der Waals surface area contributed by atoms with Crippen LogP contribution in [0, 0.1) is 0 Å². The van der Waals surface area contributed by atoms with E-state index in [1.54, 1.807) is 26.4 Å². The third kappa shape index (κ3) is 4.46. The van der Waals surface area contributed by atoms with Gasteiger partial charge >= 0.3 is 0 Å². The van der Waals surface area contributed by atoms with Gasteiger partial charge in [0.2, 0.25) is 5.75 Å². The third-order valence-electron chi connectivity index (χ3n) is 5.32. The topological polar surface area (TPSA) is 66.5 Å². The molecule has 0 aliphatic carbocycles. The average molecular weight is 413 g/mol. The lowest BCUT2D eigenvalue weighted by atomic mass is 10.1. The molecule has 1 unspecified atom stereocenters. The summed E-state index contributed by atoms with van der Waals surface area (Å²) in [6, 6.07) is 11.2. The van der Waals surface area contributed by atoms with Gasteiger partial charge in [-0.25, -0.2) is 0 Å². The van der Waals surface area contributed by atoms with E-state index in [4.69, 9.17) is 23.7 Å². The summed E-state index contributed by atoms with van der Waals surface area (Å²) in [4.78, 5) is 15.3. The van der Waals surface area contributed by atoms with E-state index in [0.717, 1.165) is 30.8 Å². The highest BCUT2D eigenvalue weighted by Crippen LogP contribution is 2.40. The monoisotopic (exact) mass is 413 g/mol. The zero-order chi connectivity index (χ0) is 20.9. The van der Waals surface area contributed by atoms with E-state index < -0.39 is 0 Å². The second-order valence-corrected chi connectivity index (χ2v) is 7.37. The number of nitrogens with zero attached hydrogens (tertiary/aromatic N) is 1. The molecule has 1 saturated heterocycles. The van der Waals surface area contributed by atoms with Crippen LogP contribution in [-0.2, 0) is 11.3 Å². The van der Waals surface area contributed by atoms with Crippen LogP contribution in [-0.4, -0.2) is 57.5 Å². The SMILES string of the molecule is COc1cccc(CN(CC2CCCO2)C(=O)c2cc(OC)c3c(c2)OCCO3)c1. The lowest BCUT2D eigenvalue weighted by Gasteiger charge is -2.27. The van der Waals surface area contributed by atoms with Gasteiger partial charge in [0, 0.05) is 25.3 Å². The van der Waals surface area contributed by atoms with Gasteiger partial charge in [-0.05, 0) is 42.7 Å². The van der Waals surface area contributed by atoms with Crippen molar-refractivity contribution in [1.29, 1.82) is 0 Å². The second kappa shape index (κ2) is 9.26. The Balaban J connectivity index is 1.62. The van der Waals surface area contributed by atoms with Crippen LogP contribution in [0.1, 0.15) is 28.8 Å². The Morgan fingerprint density at radius 2 is 1.97 bits per heavy atom. The fourth-order valence-corrected chi connectivity index (χ4v) is 3.82. The highest BCUT2D eigenvalue weighted by atomic mass is 16.6. The van der Waals surface area contributed by atoms with E-state index >= 15 is 0 Å². The molecule has 0 saturated carbocycles. The van der Waals surface area contributed by atoms with Crippen molar-refractivity contribution in [2.75, 3.05) is 40.6 Å². The van der Waals surface area contributed by atoms with Crippen LogP contribution in [0.4, 0.5) is 0 Å². The number of methoxy groups -OCH3 is 2. The van der Waals surface area contributed by atoms with Crippen molar-refractivity contribution in [1.82, 2.24) is 4.90 Å².